The quantitative estimate of drug-likeness (QED) is 0.938. The first-order valence-electron chi connectivity index (χ1n) is 7.63. The van der Waals surface area contributed by atoms with Crippen LogP contribution in [-0.4, -0.2) is 36.7 Å². The number of rotatable bonds is 4. The van der Waals surface area contributed by atoms with Crippen LogP contribution in [0.3, 0.4) is 0 Å². The summed E-state index contributed by atoms with van der Waals surface area (Å²) in [7, 11) is 2.14. The van der Waals surface area contributed by atoms with Gasteiger partial charge in [-0.1, -0.05) is 18.2 Å². The van der Waals surface area contributed by atoms with Crippen LogP contribution in [0.25, 0.3) is 10.9 Å². The molecule has 0 radical (unpaired) electrons. The Morgan fingerprint density at radius 3 is 3.05 bits per heavy atom. The number of fused-ring (bicyclic) bond motifs is 1. The Bertz CT molecular complexity index is 608. The number of hydrogen-bond acceptors (Lipinski definition) is 4. The average Bonchev–Trinajstić information content (AvgIpc) is 2.49. The maximum Gasteiger partial charge on any atom is 0.128 e. The van der Waals surface area contributed by atoms with Crippen molar-refractivity contribution < 1.29 is 4.74 Å². The van der Waals surface area contributed by atoms with Gasteiger partial charge in [-0.3, -0.25) is 0 Å². The predicted octanol–water partition coefficient (Wildman–Crippen LogP) is 2.68. The zero-order valence-corrected chi connectivity index (χ0v) is 12.6. The Morgan fingerprint density at radius 1 is 1.38 bits per heavy atom. The molecule has 1 atom stereocenters. The maximum atomic E-state index is 6.11. The van der Waals surface area contributed by atoms with Gasteiger partial charge in [-0.25, -0.2) is 4.98 Å². The Hall–Kier alpha value is -1.65. The van der Waals surface area contributed by atoms with Gasteiger partial charge in [0.05, 0.1) is 12.1 Å². The lowest BCUT2D eigenvalue weighted by Crippen LogP contribution is -2.30. The number of aromatic nitrogens is 1. The van der Waals surface area contributed by atoms with Crippen LogP contribution in [0.1, 0.15) is 18.4 Å². The molecule has 0 amide bonds. The Labute approximate surface area is 125 Å². The first-order chi connectivity index (χ1) is 10.2. The van der Waals surface area contributed by atoms with Gasteiger partial charge in [-0.15, -0.1) is 0 Å². The van der Waals surface area contributed by atoms with Crippen molar-refractivity contribution in [2.45, 2.75) is 19.4 Å². The van der Waals surface area contributed by atoms with Crippen LogP contribution in [0.5, 0.6) is 0 Å². The molecule has 2 aromatic rings. The van der Waals surface area contributed by atoms with E-state index >= 15 is 0 Å². The van der Waals surface area contributed by atoms with Gasteiger partial charge in [0.1, 0.15) is 5.82 Å². The van der Waals surface area contributed by atoms with Crippen molar-refractivity contribution in [2.24, 2.45) is 5.92 Å². The van der Waals surface area contributed by atoms with Crippen LogP contribution in [0.15, 0.2) is 30.3 Å². The fraction of sp³-hybridized carbons (Fsp3) is 0.471. The van der Waals surface area contributed by atoms with Crippen LogP contribution in [-0.2, 0) is 11.3 Å². The molecule has 0 bridgehead atoms. The molecular weight excluding hydrogens is 262 g/mol. The summed E-state index contributed by atoms with van der Waals surface area (Å²) in [6, 6.07) is 10.3. The average molecular weight is 285 g/mol. The van der Waals surface area contributed by atoms with Crippen LogP contribution < -0.4 is 5.73 Å². The molecule has 1 aliphatic rings. The number of pyridine rings is 1. The van der Waals surface area contributed by atoms with E-state index in [1.165, 1.54) is 12.8 Å². The molecule has 0 saturated carbocycles. The molecule has 1 aromatic carbocycles. The number of benzene rings is 1. The maximum absolute atomic E-state index is 6.11. The van der Waals surface area contributed by atoms with E-state index in [0.29, 0.717) is 11.7 Å². The number of para-hydroxylation sites is 1. The molecule has 2 N–H and O–H groups in total. The summed E-state index contributed by atoms with van der Waals surface area (Å²) < 4.78 is 5.55. The second-order valence-corrected chi connectivity index (χ2v) is 6.01. The van der Waals surface area contributed by atoms with Crippen molar-refractivity contribution in [3.05, 3.63) is 35.9 Å². The van der Waals surface area contributed by atoms with Gasteiger partial charge in [0, 0.05) is 30.6 Å². The molecule has 1 aromatic heterocycles. The highest BCUT2D eigenvalue weighted by atomic mass is 16.5. The van der Waals surface area contributed by atoms with Crippen molar-refractivity contribution in [1.82, 2.24) is 9.88 Å². The fourth-order valence-corrected chi connectivity index (χ4v) is 3.05. The molecule has 21 heavy (non-hydrogen) atoms. The minimum absolute atomic E-state index is 0.637. The third-order valence-electron chi connectivity index (χ3n) is 4.10. The summed E-state index contributed by atoms with van der Waals surface area (Å²) in [6.07, 6.45) is 2.44. The Morgan fingerprint density at radius 2 is 2.24 bits per heavy atom. The van der Waals surface area contributed by atoms with Crippen molar-refractivity contribution in [3.8, 4) is 0 Å². The van der Waals surface area contributed by atoms with Crippen LogP contribution in [0.2, 0.25) is 0 Å². The third kappa shape index (κ3) is 3.52. The molecule has 0 aliphatic carbocycles. The van der Waals surface area contributed by atoms with Gasteiger partial charge in [0.2, 0.25) is 0 Å². The summed E-state index contributed by atoms with van der Waals surface area (Å²) in [6.45, 7) is 3.68. The summed E-state index contributed by atoms with van der Waals surface area (Å²) >= 11 is 0. The smallest absolute Gasteiger partial charge is 0.128 e. The van der Waals surface area contributed by atoms with Gasteiger partial charge in [-0.05, 0) is 37.9 Å². The standard InChI is InChI=1S/C17H23N3O/c1-20(10-13-5-4-8-21-12-13)11-15-9-14-6-2-3-7-16(14)19-17(15)18/h2-3,6-7,9,13H,4-5,8,10-12H2,1H3,(H2,18,19). The summed E-state index contributed by atoms with van der Waals surface area (Å²) in [5.74, 6) is 1.28. The second-order valence-electron chi connectivity index (χ2n) is 6.01. The number of anilines is 1. The normalized spacial score (nSPS) is 19.2. The highest BCUT2D eigenvalue weighted by Crippen LogP contribution is 2.21. The molecule has 3 rings (SSSR count). The molecule has 1 saturated heterocycles. The Balaban J connectivity index is 1.70. The third-order valence-corrected chi connectivity index (χ3v) is 4.10. The minimum atomic E-state index is 0.637. The number of nitrogens with zero attached hydrogens (tertiary/aromatic N) is 2. The second kappa shape index (κ2) is 6.41. The van der Waals surface area contributed by atoms with Crippen LogP contribution in [0, 0.1) is 5.92 Å². The van der Waals surface area contributed by atoms with Crippen LogP contribution in [0.4, 0.5) is 5.82 Å². The van der Waals surface area contributed by atoms with E-state index in [-0.39, 0.29) is 0 Å². The lowest BCUT2D eigenvalue weighted by molar-refractivity contribution is 0.0412. The van der Waals surface area contributed by atoms with E-state index in [1.54, 1.807) is 0 Å². The number of ether oxygens (including phenoxy) is 1. The van der Waals surface area contributed by atoms with Crippen molar-refractivity contribution in [3.63, 3.8) is 0 Å². The molecule has 1 unspecified atom stereocenters. The zero-order valence-electron chi connectivity index (χ0n) is 12.6. The molecule has 112 valence electrons. The summed E-state index contributed by atoms with van der Waals surface area (Å²) in [5, 5.41) is 1.15. The minimum Gasteiger partial charge on any atom is -0.383 e. The van der Waals surface area contributed by atoms with E-state index in [9.17, 15) is 0 Å². The molecule has 4 heteroatoms. The van der Waals surface area contributed by atoms with Gasteiger partial charge < -0.3 is 15.4 Å². The molecule has 1 aliphatic heterocycles. The molecular formula is C17H23N3O. The van der Waals surface area contributed by atoms with Gasteiger partial charge in [0.15, 0.2) is 0 Å². The van der Waals surface area contributed by atoms with Gasteiger partial charge in [0.25, 0.3) is 0 Å². The molecule has 4 nitrogen and oxygen atoms in total. The van der Waals surface area contributed by atoms with Crippen molar-refractivity contribution in [1.29, 1.82) is 0 Å². The van der Waals surface area contributed by atoms with E-state index in [4.69, 9.17) is 10.5 Å². The lowest BCUT2D eigenvalue weighted by atomic mass is 10.0. The van der Waals surface area contributed by atoms with E-state index in [2.05, 4.69) is 29.1 Å². The van der Waals surface area contributed by atoms with Crippen molar-refractivity contribution >= 4 is 16.7 Å². The number of nitrogen functional groups attached to an aromatic ring is 1. The predicted molar refractivity (Wildman–Crippen MR) is 86.0 cm³/mol. The number of hydrogen-bond donors (Lipinski definition) is 1. The topological polar surface area (TPSA) is 51.4 Å². The van der Waals surface area contributed by atoms with E-state index in [1.807, 2.05) is 18.2 Å². The van der Waals surface area contributed by atoms with Gasteiger partial charge in [-0.2, -0.15) is 0 Å². The monoisotopic (exact) mass is 285 g/mol. The van der Waals surface area contributed by atoms with Crippen LogP contribution >= 0.6 is 0 Å². The SMILES string of the molecule is CN(Cc1cc2ccccc2nc1N)CC1CCCOC1. The highest BCUT2D eigenvalue weighted by Gasteiger charge is 2.16. The summed E-state index contributed by atoms with van der Waals surface area (Å²) in [4.78, 5) is 6.82. The lowest BCUT2D eigenvalue weighted by Gasteiger charge is -2.27. The molecule has 0 spiro atoms. The largest absolute Gasteiger partial charge is 0.383 e. The molecule has 2 heterocycles. The Kier molecular flexibility index (Phi) is 4.36. The van der Waals surface area contributed by atoms with Crippen molar-refractivity contribution in [2.75, 3.05) is 32.5 Å². The summed E-state index contributed by atoms with van der Waals surface area (Å²) in [5.41, 5.74) is 8.17. The highest BCUT2D eigenvalue weighted by molar-refractivity contribution is 5.81. The molecule has 1 fully saturated rings. The zero-order chi connectivity index (χ0) is 14.7. The van der Waals surface area contributed by atoms with Gasteiger partial charge >= 0.3 is 0 Å². The van der Waals surface area contributed by atoms with E-state index < -0.39 is 0 Å². The first kappa shape index (κ1) is 14.3. The van der Waals surface area contributed by atoms with E-state index in [0.717, 1.165) is 42.8 Å². The fourth-order valence-electron chi connectivity index (χ4n) is 3.05. The first-order valence-corrected chi connectivity index (χ1v) is 7.63. The number of nitrogens with two attached hydrogens (primary N) is 1.